The Kier molecular flexibility index (Phi) is 3.06. The predicted molar refractivity (Wildman–Crippen MR) is 82.4 cm³/mol. The molecule has 0 aliphatic heterocycles. The van der Waals surface area contributed by atoms with Gasteiger partial charge in [-0.1, -0.05) is 64.5 Å². The molecule has 2 aromatic rings. The molecular weight excluding hydrogens is 298 g/mol. The van der Waals surface area contributed by atoms with Crippen LogP contribution in [-0.2, 0) is 0 Å². The van der Waals surface area contributed by atoms with Gasteiger partial charge in [0.2, 0.25) is 0 Å². The van der Waals surface area contributed by atoms with Crippen molar-refractivity contribution in [2.24, 2.45) is 0 Å². The van der Waals surface area contributed by atoms with Gasteiger partial charge < -0.3 is 0 Å². The van der Waals surface area contributed by atoms with Crippen LogP contribution in [0.4, 0.5) is 0 Å². The van der Waals surface area contributed by atoms with E-state index in [-0.39, 0.29) is 0 Å². The lowest BCUT2D eigenvalue weighted by molar-refractivity contribution is 1.50. The predicted octanol–water partition coefficient (Wildman–Crippen LogP) is 4.85. The molecule has 0 spiro atoms. The fourth-order valence-corrected chi connectivity index (χ4v) is 2.97. The molecule has 0 saturated heterocycles. The maximum Gasteiger partial charge on any atom is 0.0918 e. The van der Waals surface area contributed by atoms with Crippen molar-refractivity contribution in [1.29, 1.82) is 5.26 Å². The summed E-state index contributed by atoms with van der Waals surface area (Å²) in [4.78, 5) is 0. The number of allylic oxidation sites excluding steroid dienone is 1. The number of rotatable bonds is 0. The zero-order valence-electron chi connectivity index (χ0n) is 10.1. The van der Waals surface area contributed by atoms with E-state index < -0.39 is 0 Å². The molecule has 2 aromatic carbocycles. The number of nitriles is 1. The lowest BCUT2D eigenvalue weighted by atomic mass is 9.93. The Bertz CT molecular complexity index is 748. The third-order valence-corrected chi connectivity index (χ3v) is 3.87. The van der Waals surface area contributed by atoms with E-state index >= 15 is 0 Å². The minimum absolute atomic E-state index is 0.972. The molecule has 0 unspecified atom stereocenters. The first-order chi connectivity index (χ1) is 9.31. The Morgan fingerprint density at radius 1 is 0.895 bits per heavy atom. The van der Waals surface area contributed by atoms with Gasteiger partial charge in [0.1, 0.15) is 0 Å². The van der Waals surface area contributed by atoms with Crippen LogP contribution >= 0.6 is 15.9 Å². The van der Waals surface area contributed by atoms with E-state index in [1.54, 1.807) is 6.08 Å². The molecule has 2 heteroatoms. The van der Waals surface area contributed by atoms with Crippen molar-refractivity contribution >= 4 is 32.1 Å². The third kappa shape index (κ3) is 2.03. The van der Waals surface area contributed by atoms with Crippen molar-refractivity contribution in [3.8, 4) is 6.07 Å². The fourth-order valence-electron chi connectivity index (χ4n) is 2.37. The van der Waals surface area contributed by atoms with Gasteiger partial charge in [-0.3, -0.25) is 0 Å². The maximum absolute atomic E-state index is 9.07. The van der Waals surface area contributed by atoms with Gasteiger partial charge in [-0.2, -0.15) is 5.26 Å². The summed E-state index contributed by atoms with van der Waals surface area (Å²) in [5.74, 6) is 0. The molecule has 0 saturated carbocycles. The van der Waals surface area contributed by atoms with Crippen LogP contribution in [0.1, 0.15) is 22.3 Å². The Morgan fingerprint density at radius 2 is 1.53 bits per heavy atom. The number of hydrogen-bond acceptors (Lipinski definition) is 1. The van der Waals surface area contributed by atoms with Gasteiger partial charge in [-0.25, -0.2) is 0 Å². The molecule has 0 fully saturated rings. The van der Waals surface area contributed by atoms with Gasteiger partial charge in [0.05, 0.1) is 6.07 Å². The second kappa shape index (κ2) is 4.87. The first-order valence-corrected chi connectivity index (χ1v) is 6.76. The average Bonchev–Trinajstić information content (AvgIpc) is 2.56. The molecule has 0 aromatic heterocycles. The van der Waals surface area contributed by atoms with Gasteiger partial charge in [0.15, 0.2) is 0 Å². The monoisotopic (exact) mass is 307 g/mol. The molecule has 0 amide bonds. The largest absolute Gasteiger partial charge is 0.193 e. The summed E-state index contributed by atoms with van der Waals surface area (Å²) in [5.41, 5.74) is 5.37. The summed E-state index contributed by atoms with van der Waals surface area (Å²) in [5, 5.41) is 9.07. The molecule has 19 heavy (non-hydrogen) atoms. The molecule has 1 nitrogen and oxygen atoms in total. The number of benzene rings is 2. The van der Waals surface area contributed by atoms with Gasteiger partial charge >= 0.3 is 0 Å². The van der Waals surface area contributed by atoms with Crippen LogP contribution in [0.5, 0.6) is 0 Å². The summed E-state index contributed by atoms with van der Waals surface area (Å²) >= 11 is 3.64. The maximum atomic E-state index is 9.07. The van der Waals surface area contributed by atoms with E-state index in [4.69, 9.17) is 5.26 Å². The van der Waals surface area contributed by atoms with Crippen molar-refractivity contribution in [2.45, 2.75) is 0 Å². The summed E-state index contributed by atoms with van der Waals surface area (Å²) < 4.78 is 1.04. The van der Waals surface area contributed by atoms with Crippen molar-refractivity contribution in [1.82, 2.24) is 0 Å². The summed E-state index contributed by atoms with van der Waals surface area (Å²) in [6.07, 6.45) is 3.73. The molecule has 0 atom stereocenters. The van der Waals surface area contributed by atoms with Crippen LogP contribution in [0.2, 0.25) is 0 Å². The summed E-state index contributed by atoms with van der Waals surface area (Å²) in [6.45, 7) is 0. The second-order valence-corrected chi connectivity index (χ2v) is 5.17. The van der Waals surface area contributed by atoms with Crippen LogP contribution in [-0.4, -0.2) is 0 Å². The quantitative estimate of drug-likeness (QED) is 0.638. The van der Waals surface area contributed by atoms with Crippen molar-refractivity contribution < 1.29 is 0 Å². The van der Waals surface area contributed by atoms with Crippen LogP contribution < -0.4 is 0 Å². The highest BCUT2D eigenvalue weighted by Gasteiger charge is 2.17. The summed E-state index contributed by atoms with van der Waals surface area (Å²) in [6, 6.07) is 18.4. The zero-order valence-corrected chi connectivity index (χ0v) is 11.7. The van der Waals surface area contributed by atoms with E-state index in [0.717, 1.165) is 32.3 Å². The minimum Gasteiger partial charge on any atom is -0.193 e. The van der Waals surface area contributed by atoms with Crippen LogP contribution in [0.3, 0.4) is 0 Å². The molecule has 0 heterocycles. The van der Waals surface area contributed by atoms with Gasteiger partial charge in [0, 0.05) is 16.1 Å². The standard InChI is InChI=1S/C17H10BrN/c18-17-11-12-5-1-2-6-13(12)15(9-10-19)14-7-3-4-8-16(14)17/h1-9,11H. The normalized spacial score (nSPS) is 14.9. The minimum atomic E-state index is 0.972. The molecule has 90 valence electrons. The Hall–Kier alpha value is -2.11. The van der Waals surface area contributed by atoms with Gasteiger partial charge in [-0.05, 0) is 28.3 Å². The second-order valence-electron chi connectivity index (χ2n) is 4.31. The molecule has 1 aliphatic carbocycles. The van der Waals surface area contributed by atoms with Crippen LogP contribution in [0.25, 0.3) is 16.1 Å². The molecule has 0 bridgehead atoms. The molecular formula is C17H10BrN. The van der Waals surface area contributed by atoms with Crippen molar-refractivity contribution in [2.75, 3.05) is 0 Å². The highest BCUT2D eigenvalue weighted by molar-refractivity contribution is 9.15. The lowest BCUT2D eigenvalue weighted by Gasteiger charge is -2.10. The fraction of sp³-hybridized carbons (Fsp3) is 0. The summed E-state index contributed by atoms with van der Waals surface area (Å²) in [7, 11) is 0. The molecule has 3 rings (SSSR count). The van der Waals surface area contributed by atoms with E-state index in [9.17, 15) is 0 Å². The Morgan fingerprint density at radius 3 is 2.26 bits per heavy atom. The highest BCUT2D eigenvalue weighted by Crippen LogP contribution is 2.39. The molecule has 0 N–H and O–H groups in total. The average molecular weight is 308 g/mol. The van der Waals surface area contributed by atoms with E-state index in [1.165, 1.54) is 0 Å². The Labute approximate surface area is 120 Å². The number of fused-ring (bicyclic) bond motifs is 2. The topological polar surface area (TPSA) is 23.8 Å². The van der Waals surface area contributed by atoms with E-state index in [1.807, 2.05) is 24.3 Å². The SMILES string of the molecule is N#CC=C1c2ccccc2C=C(Br)c2ccccc21. The van der Waals surface area contributed by atoms with E-state index in [2.05, 4.69) is 52.3 Å². The lowest BCUT2D eigenvalue weighted by Crippen LogP contribution is -1.91. The first-order valence-electron chi connectivity index (χ1n) is 5.97. The van der Waals surface area contributed by atoms with Crippen LogP contribution in [0, 0.1) is 11.3 Å². The molecule has 1 aliphatic rings. The van der Waals surface area contributed by atoms with Crippen molar-refractivity contribution in [3.63, 3.8) is 0 Å². The zero-order chi connectivity index (χ0) is 13.2. The third-order valence-electron chi connectivity index (χ3n) is 3.22. The highest BCUT2D eigenvalue weighted by atomic mass is 79.9. The van der Waals surface area contributed by atoms with Crippen LogP contribution in [0.15, 0.2) is 54.6 Å². The smallest absolute Gasteiger partial charge is 0.0918 e. The number of hydrogen-bond donors (Lipinski definition) is 0. The van der Waals surface area contributed by atoms with Gasteiger partial charge in [0.25, 0.3) is 0 Å². The molecule has 0 radical (unpaired) electrons. The first kappa shape index (κ1) is 12.0. The van der Waals surface area contributed by atoms with Crippen molar-refractivity contribution in [3.05, 3.63) is 76.9 Å². The number of halogens is 1. The Balaban J connectivity index is 2.40. The van der Waals surface area contributed by atoms with Gasteiger partial charge in [-0.15, -0.1) is 0 Å². The number of nitrogens with zero attached hydrogens (tertiary/aromatic N) is 1. The van der Waals surface area contributed by atoms with E-state index in [0.29, 0.717) is 0 Å².